The SMILES string of the molecule is C=COCCOCC(COCCOC=C)(COCCOC=C)COS(=O)(=O)c1ccc(C)cc1. The summed E-state index contributed by atoms with van der Waals surface area (Å²) in [6, 6.07) is 6.42. The zero-order chi connectivity index (χ0) is 25.1. The van der Waals surface area contributed by atoms with Crippen LogP contribution < -0.4 is 0 Å². The number of hydrogen-bond donors (Lipinski definition) is 0. The van der Waals surface area contributed by atoms with Crippen molar-refractivity contribution in [2.45, 2.75) is 11.8 Å². The highest BCUT2D eigenvalue weighted by Crippen LogP contribution is 2.24. The molecule has 0 aliphatic rings. The van der Waals surface area contributed by atoms with Crippen LogP contribution >= 0.6 is 0 Å². The van der Waals surface area contributed by atoms with Gasteiger partial charge < -0.3 is 28.4 Å². The Hall–Kier alpha value is -2.37. The Morgan fingerprint density at radius 2 is 1.12 bits per heavy atom. The van der Waals surface area contributed by atoms with E-state index in [-0.39, 0.29) is 51.1 Å². The van der Waals surface area contributed by atoms with E-state index in [1.165, 1.54) is 30.9 Å². The fraction of sp³-hybridized carbons (Fsp3) is 0.500. The molecule has 192 valence electrons. The van der Waals surface area contributed by atoms with Gasteiger partial charge in [0.1, 0.15) is 19.8 Å². The second kappa shape index (κ2) is 17.1. The first-order valence-corrected chi connectivity index (χ1v) is 12.2. The van der Waals surface area contributed by atoms with Gasteiger partial charge in [-0.2, -0.15) is 8.42 Å². The van der Waals surface area contributed by atoms with Crippen LogP contribution in [-0.4, -0.2) is 74.5 Å². The minimum Gasteiger partial charge on any atom is -0.499 e. The molecule has 0 aliphatic carbocycles. The number of aryl methyl sites for hydroxylation is 1. The van der Waals surface area contributed by atoms with Gasteiger partial charge >= 0.3 is 0 Å². The molecule has 0 heterocycles. The van der Waals surface area contributed by atoms with E-state index >= 15 is 0 Å². The van der Waals surface area contributed by atoms with E-state index < -0.39 is 15.5 Å². The van der Waals surface area contributed by atoms with Crippen molar-refractivity contribution in [1.82, 2.24) is 0 Å². The molecule has 0 amide bonds. The van der Waals surface area contributed by atoms with Crippen molar-refractivity contribution in [3.05, 3.63) is 68.4 Å². The van der Waals surface area contributed by atoms with Gasteiger partial charge in [-0.15, -0.1) is 0 Å². The Kier molecular flexibility index (Phi) is 14.9. The summed E-state index contributed by atoms with van der Waals surface area (Å²) >= 11 is 0. The summed E-state index contributed by atoms with van der Waals surface area (Å²) in [4.78, 5) is 0.0629. The lowest BCUT2D eigenvalue weighted by molar-refractivity contribution is -0.0966. The Balaban J connectivity index is 2.94. The molecule has 9 nitrogen and oxygen atoms in total. The van der Waals surface area contributed by atoms with Crippen LogP contribution in [0.3, 0.4) is 0 Å². The number of ether oxygens (including phenoxy) is 6. The summed E-state index contributed by atoms with van der Waals surface area (Å²) < 4.78 is 63.5. The van der Waals surface area contributed by atoms with E-state index in [1.807, 2.05) is 6.92 Å². The van der Waals surface area contributed by atoms with Crippen LogP contribution in [-0.2, 0) is 42.7 Å². The normalized spacial score (nSPS) is 11.6. The van der Waals surface area contributed by atoms with E-state index in [4.69, 9.17) is 32.6 Å². The highest BCUT2D eigenvalue weighted by Gasteiger charge is 2.35. The lowest BCUT2D eigenvalue weighted by Crippen LogP contribution is -2.43. The lowest BCUT2D eigenvalue weighted by Gasteiger charge is -2.32. The maximum absolute atomic E-state index is 12.8. The molecule has 0 atom stereocenters. The Morgan fingerprint density at radius 1 is 0.706 bits per heavy atom. The molecule has 10 heteroatoms. The van der Waals surface area contributed by atoms with E-state index in [1.54, 1.807) is 12.1 Å². The van der Waals surface area contributed by atoms with Crippen molar-refractivity contribution < 1.29 is 41.0 Å². The predicted molar refractivity (Wildman–Crippen MR) is 128 cm³/mol. The molecule has 0 bridgehead atoms. The molecule has 0 spiro atoms. The summed E-state index contributed by atoms with van der Waals surface area (Å²) in [5.74, 6) is 0. The maximum atomic E-state index is 12.8. The van der Waals surface area contributed by atoms with Gasteiger partial charge in [0.05, 0.1) is 75.3 Å². The summed E-state index contributed by atoms with van der Waals surface area (Å²) in [5.41, 5.74) is 0.00243. The van der Waals surface area contributed by atoms with Crippen molar-refractivity contribution >= 4 is 10.1 Å². The third kappa shape index (κ3) is 12.2. The number of benzene rings is 1. The largest absolute Gasteiger partial charge is 0.499 e. The molecule has 0 aliphatic heterocycles. The summed E-state index contributed by atoms with van der Waals surface area (Å²) in [6.07, 6.45) is 3.96. The third-order valence-corrected chi connectivity index (χ3v) is 5.72. The van der Waals surface area contributed by atoms with Gasteiger partial charge in [-0.3, -0.25) is 4.18 Å². The molecule has 0 fully saturated rings. The van der Waals surface area contributed by atoms with Crippen LogP contribution in [0.1, 0.15) is 5.56 Å². The van der Waals surface area contributed by atoms with Gasteiger partial charge in [0.15, 0.2) is 0 Å². The van der Waals surface area contributed by atoms with Crippen molar-refractivity contribution in [3.8, 4) is 0 Å². The molecule has 34 heavy (non-hydrogen) atoms. The predicted octanol–water partition coefficient (Wildman–Crippen LogP) is 3.22. The molecule has 0 unspecified atom stereocenters. The van der Waals surface area contributed by atoms with E-state index in [2.05, 4.69) is 19.7 Å². The minimum atomic E-state index is -4.01. The van der Waals surface area contributed by atoms with E-state index in [0.717, 1.165) is 5.56 Å². The summed E-state index contributed by atoms with van der Waals surface area (Å²) in [7, 11) is -4.01. The van der Waals surface area contributed by atoms with E-state index in [9.17, 15) is 8.42 Å². The first kappa shape index (κ1) is 29.7. The fourth-order valence-corrected chi connectivity index (χ4v) is 3.67. The van der Waals surface area contributed by atoms with Gasteiger partial charge in [-0.25, -0.2) is 0 Å². The molecule has 1 aromatic rings. The molecule has 1 aromatic carbocycles. The Bertz CT molecular complexity index is 761. The quantitative estimate of drug-likeness (QED) is 0.135. The fourth-order valence-electron chi connectivity index (χ4n) is 2.66. The molecule has 0 radical (unpaired) electrons. The third-order valence-electron chi connectivity index (χ3n) is 4.44. The Labute approximate surface area is 203 Å². The monoisotopic (exact) mass is 500 g/mol. The number of hydrogen-bond acceptors (Lipinski definition) is 9. The second-order valence-electron chi connectivity index (χ2n) is 7.30. The standard InChI is InChI=1S/C24H36O9S/c1-5-27-12-15-30-18-24(19-31-16-13-28-6-2,20-32-17-14-29-7-3)21-33-34(25,26)23-10-8-22(4)9-11-23/h5-11H,1-3,12-21H2,4H3. The van der Waals surface area contributed by atoms with Crippen molar-refractivity contribution in [2.24, 2.45) is 5.41 Å². The number of rotatable bonds is 22. The van der Waals surface area contributed by atoms with Crippen LogP contribution in [0.2, 0.25) is 0 Å². The topological polar surface area (TPSA) is 98.8 Å². The first-order chi connectivity index (χ1) is 16.4. The second-order valence-corrected chi connectivity index (χ2v) is 8.91. The summed E-state index contributed by atoms with van der Waals surface area (Å²) in [6.45, 7) is 14.1. The minimum absolute atomic E-state index is 0.0629. The average molecular weight is 501 g/mol. The van der Waals surface area contributed by atoms with Gasteiger partial charge in [0.2, 0.25) is 0 Å². The first-order valence-electron chi connectivity index (χ1n) is 10.8. The van der Waals surface area contributed by atoms with Gasteiger partial charge in [-0.1, -0.05) is 37.4 Å². The summed E-state index contributed by atoms with van der Waals surface area (Å²) in [5, 5.41) is 0. The molecular weight excluding hydrogens is 464 g/mol. The van der Waals surface area contributed by atoms with Crippen LogP contribution in [0.5, 0.6) is 0 Å². The molecule has 0 N–H and O–H groups in total. The lowest BCUT2D eigenvalue weighted by atomic mass is 9.92. The van der Waals surface area contributed by atoms with Crippen LogP contribution in [0.15, 0.2) is 67.7 Å². The van der Waals surface area contributed by atoms with Crippen molar-refractivity contribution in [2.75, 3.05) is 66.1 Å². The Morgan fingerprint density at radius 3 is 1.50 bits per heavy atom. The van der Waals surface area contributed by atoms with Crippen LogP contribution in [0.25, 0.3) is 0 Å². The highest BCUT2D eigenvalue weighted by atomic mass is 32.2. The van der Waals surface area contributed by atoms with Crippen molar-refractivity contribution in [3.63, 3.8) is 0 Å². The molecule has 0 saturated carbocycles. The molecule has 0 aromatic heterocycles. The molecule has 1 rings (SSSR count). The van der Waals surface area contributed by atoms with Crippen LogP contribution in [0.4, 0.5) is 0 Å². The van der Waals surface area contributed by atoms with Crippen molar-refractivity contribution in [1.29, 1.82) is 0 Å². The zero-order valence-electron chi connectivity index (χ0n) is 19.8. The van der Waals surface area contributed by atoms with Crippen LogP contribution in [0, 0.1) is 12.3 Å². The van der Waals surface area contributed by atoms with E-state index in [0.29, 0.717) is 19.8 Å². The molecular formula is C24H36O9S. The smallest absolute Gasteiger partial charge is 0.296 e. The zero-order valence-corrected chi connectivity index (χ0v) is 20.6. The highest BCUT2D eigenvalue weighted by molar-refractivity contribution is 7.86. The van der Waals surface area contributed by atoms with Gasteiger partial charge in [0, 0.05) is 0 Å². The molecule has 0 saturated heterocycles. The van der Waals surface area contributed by atoms with Gasteiger partial charge in [0.25, 0.3) is 10.1 Å². The van der Waals surface area contributed by atoms with Gasteiger partial charge in [-0.05, 0) is 19.1 Å². The average Bonchev–Trinajstić information content (AvgIpc) is 2.82. The maximum Gasteiger partial charge on any atom is 0.296 e.